The van der Waals surface area contributed by atoms with Crippen LogP contribution in [0.4, 0.5) is 5.82 Å². The number of nitrogens with one attached hydrogen (secondary N) is 1. The van der Waals surface area contributed by atoms with Gasteiger partial charge < -0.3 is 5.73 Å². The Balaban J connectivity index is 1.82. The summed E-state index contributed by atoms with van der Waals surface area (Å²) >= 11 is 0. The predicted octanol–water partition coefficient (Wildman–Crippen LogP) is 0.305. The van der Waals surface area contributed by atoms with Gasteiger partial charge in [0.2, 0.25) is 11.6 Å². The summed E-state index contributed by atoms with van der Waals surface area (Å²) in [6.45, 7) is 1.63. The Kier molecular flexibility index (Phi) is 3.78. The SMILES string of the molecule is Cc1nnn(-c2nonc2N)c1C(=O)NN=Cc1ccccc1. The third kappa shape index (κ3) is 2.90. The zero-order valence-electron chi connectivity index (χ0n) is 12.0. The van der Waals surface area contributed by atoms with Crippen molar-refractivity contribution < 1.29 is 9.42 Å². The quantitative estimate of drug-likeness (QED) is 0.522. The molecule has 2 aromatic heterocycles. The second-order valence-electron chi connectivity index (χ2n) is 4.52. The van der Waals surface area contributed by atoms with Gasteiger partial charge in [-0.25, -0.2) is 10.1 Å². The third-order valence-electron chi connectivity index (χ3n) is 2.93. The van der Waals surface area contributed by atoms with Gasteiger partial charge in [-0.1, -0.05) is 35.5 Å². The van der Waals surface area contributed by atoms with Gasteiger partial charge in [-0.15, -0.1) is 5.10 Å². The van der Waals surface area contributed by atoms with Crippen molar-refractivity contribution in [2.45, 2.75) is 6.92 Å². The minimum absolute atomic E-state index is 0.00302. The van der Waals surface area contributed by atoms with E-state index in [0.717, 1.165) is 10.2 Å². The number of aryl methyl sites for hydroxylation is 1. The van der Waals surface area contributed by atoms with Crippen LogP contribution < -0.4 is 11.2 Å². The lowest BCUT2D eigenvalue weighted by molar-refractivity contribution is 0.0946. The molecule has 0 bridgehead atoms. The van der Waals surface area contributed by atoms with Crippen LogP contribution in [0.1, 0.15) is 21.7 Å². The van der Waals surface area contributed by atoms with Crippen molar-refractivity contribution in [3.63, 3.8) is 0 Å². The summed E-state index contributed by atoms with van der Waals surface area (Å²) in [5, 5.41) is 18.6. The van der Waals surface area contributed by atoms with E-state index in [1.807, 2.05) is 30.3 Å². The van der Waals surface area contributed by atoms with Crippen molar-refractivity contribution in [1.82, 2.24) is 30.7 Å². The van der Waals surface area contributed by atoms with Crippen molar-refractivity contribution in [3.8, 4) is 5.82 Å². The molecule has 2 heterocycles. The Morgan fingerprint density at radius 2 is 2.13 bits per heavy atom. The molecule has 0 fully saturated rings. The highest BCUT2D eigenvalue weighted by Crippen LogP contribution is 2.14. The molecule has 3 aromatic rings. The molecule has 3 N–H and O–H groups in total. The fraction of sp³-hybridized carbons (Fsp3) is 0.0769. The van der Waals surface area contributed by atoms with E-state index >= 15 is 0 Å². The summed E-state index contributed by atoms with van der Waals surface area (Å²) in [6, 6.07) is 9.34. The highest BCUT2D eigenvalue weighted by molar-refractivity contribution is 5.94. The number of hydrogen-bond donors (Lipinski definition) is 2. The molecule has 23 heavy (non-hydrogen) atoms. The van der Waals surface area contributed by atoms with Gasteiger partial charge in [-0.2, -0.15) is 9.78 Å². The second-order valence-corrected chi connectivity index (χ2v) is 4.52. The molecule has 0 aliphatic carbocycles. The van der Waals surface area contributed by atoms with E-state index in [4.69, 9.17) is 5.73 Å². The lowest BCUT2D eigenvalue weighted by Gasteiger charge is -2.02. The number of rotatable bonds is 4. The first kappa shape index (κ1) is 14.4. The fourth-order valence-electron chi connectivity index (χ4n) is 1.86. The molecule has 10 heteroatoms. The summed E-state index contributed by atoms with van der Waals surface area (Å²) in [4.78, 5) is 12.3. The van der Waals surface area contributed by atoms with Crippen LogP contribution >= 0.6 is 0 Å². The number of benzene rings is 1. The summed E-state index contributed by atoms with van der Waals surface area (Å²) in [6.07, 6.45) is 1.52. The number of nitrogens with two attached hydrogens (primary N) is 1. The monoisotopic (exact) mass is 312 g/mol. The summed E-state index contributed by atoms with van der Waals surface area (Å²) in [7, 11) is 0. The number of aromatic nitrogens is 5. The molecule has 0 aliphatic rings. The highest BCUT2D eigenvalue weighted by atomic mass is 16.6. The Morgan fingerprint density at radius 1 is 1.35 bits per heavy atom. The first-order valence-corrected chi connectivity index (χ1v) is 6.56. The zero-order chi connectivity index (χ0) is 16.2. The largest absolute Gasteiger partial charge is 0.378 e. The first-order chi connectivity index (χ1) is 11.2. The first-order valence-electron chi connectivity index (χ1n) is 6.56. The second kappa shape index (κ2) is 6.05. The fourth-order valence-corrected chi connectivity index (χ4v) is 1.86. The number of nitrogens with zero attached hydrogens (tertiary/aromatic N) is 6. The van der Waals surface area contributed by atoms with Gasteiger partial charge in [0.15, 0.2) is 5.69 Å². The number of hydrazone groups is 1. The van der Waals surface area contributed by atoms with Gasteiger partial charge in [-0.05, 0) is 22.8 Å². The molecule has 0 saturated heterocycles. The summed E-state index contributed by atoms with van der Waals surface area (Å²) in [5.41, 5.74) is 9.39. The molecule has 0 aliphatic heterocycles. The topological polar surface area (TPSA) is 137 Å². The Morgan fingerprint density at radius 3 is 2.83 bits per heavy atom. The van der Waals surface area contributed by atoms with E-state index in [9.17, 15) is 4.79 Å². The van der Waals surface area contributed by atoms with E-state index < -0.39 is 5.91 Å². The normalized spacial score (nSPS) is 11.0. The molecule has 3 rings (SSSR count). The predicted molar refractivity (Wildman–Crippen MR) is 79.9 cm³/mol. The van der Waals surface area contributed by atoms with E-state index in [2.05, 4.69) is 35.8 Å². The van der Waals surface area contributed by atoms with E-state index in [0.29, 0.717) is 5.69 Å². The van der Waals surface area contributed by atoms with Gasteiger partial charge in [0.25, 0.3) is 5.91 Å². The molecule has 0 atom stereocenters. The van der Waals surface area contributed by atoms with Crippen LogP contribution in [0.3, 0.4) is 0 Å². The summed E-state index contributed by atoms with van der Waals surface area (Å²) in [5.74, 6) is -0.429. The van der Waals surface area contributed by atoms with Crippen molar-refractivity contribution in [3.05, 3.63) is 47.3 Å². The third-order valence-corrected chi connectivity index (χ3v) is 2.93. The number of amides is 1. The van der Waals surface area contributed by atoms with Crippen LogP contribution in [0.5, 0.6) is 0 Å². The van der Waals surface area contributed by atoms with Crippen LogP contribution in [-0.2, 0) is 0 Å². The molecular formula is C13H12N8O2. The molecule has 1 aromatic carbocycles. The molecule has 0 radical (unpaired) electrons. The Labute approximate surface area is 129 Å². The molecule has 0 saturated carbocycles. The van der Waals surface area contributed by atoms with Crippen molar-refractivity contribution in [2.24, 2.45) is 5.10 Å². The van der Waals surface area contributed by atoms with Crippen LogP contribution in [0.15, 0.2) is 40.1 Å². The molecule has 0 spiro atoms. The van der Waals surface area contributed by atoms with Crippen LogP contribution in [0.2, 0.25) is 0 Å². The maximum atomic E-state index is 12.3. The van der Waals surface area contributed by atoms with Gasteiger partial charge in [0, 0.05) is 0 Å². The molecule has 10 nitrogen and oxygen atoms in total. The maximum Gasteiger partial charge on any atom is 0.292 e. The van der Waals surface area contributed by atoms with Crippen LogP contribution in [-0.4, -0.2) is 37.4 Å². The molecular weight excluding hydrogens is 300 g/mol. The van der Waals surface area contributed by atoms with E-state index in [-0.39, 0.29) is 17.3 Å². The molecule has 0 unspecified atom stereocenters. The Hall–Kier alpha value is -3.56. The number of carbonyl (C=O) groups excluding carboxylic acids is 1. The highest BCUT2D eigenvalue weighted by Gasteiger charge is 2.22. The van der Waals surface area contributed by atoms with Crippen molar-refractivity contribution >= 4 is 17.9 Å². The zero-order valence-corrected chi connectivity index (χ0v) is 12.0. The number of nitrogen functional groups attached to an aromatic ring is 1. The molecule has 116 valence electrons. The minimum Gasteiger partial charge on any atom is -0.378 e. The standard InChI is InChI=1S/C13H12N8O2/c1-8-10(21(20-16-8)12-11(14)18-23-19-12)13(22)17-15-7-9-5-3-2-4-6-9/h2-7H,1H3,(H2,14,18)(H,17,22). The summed E-state index contributed by atoms with van der Waals surface area (Å²) < 4.78 is 5.66. The van der Waals surface area contributed by atoms with E-state index in [1.54, 1.807) is 6.92 Å². The smallest absolute Gasteiger partial charge is 0.292 e. The van der Waals surface area contributed by atoms with Gasteiger partial charge in [0.1, 0.15) is 0 Å². The van der Waals surface area contributed by atoms with Crippen LogP contribution in [0, 0.1) is 6.92 Å². The van der Waals surface area contributed by atoms with Gasteiger partial charge in [-0.3, -0.25) is 4.79 Å². The van der Waals surface area contributed by atoms with Gasteiger partial charge >= 0.3 is 0 Å². The average Bonchev–Trinajstić information content (AvgIpc) is 3.13. The van der Waals surface area contributed by atoms with Crippen LogP contribution in [0.25, 0.3) is 5.82 Å². The maximum absolute atomic E-state index is 12.3. The Bertz CT molecular complexity index is 852. The number of carbonyl (C=O) groups is 1. The van der Waals surface area contributed by atoms with E-state index in [1.165, 1.54) is 6.21 Å². The van der Waals surface area contributed by atoms with Crippen molar-refractivity contribution in [2.75, 3.05) is 5.73 Å². The lowest BCUT2D eigenvalue weighted by atomic mass is 10.2. The molecule has 1 amide bonds. The number of anilines is 1. The van der Waals surface area contributed by atoms with Crippen molar-refractivity contribution in [1.29, 1.82) is 0 Å². The van der Waals surface area contributed by atoms with Gasteiger partial charge in [0.05, 0.1) is 11.9 Å². The average molecular weight is 312 g/mol. The minimum atomic E-state index is -0.512. The number of hydrogen-bond acceptors (Lipinski definition) is 8. The lowest BCUT2D eigenvalue weighted by Crippen LogP contribution is -2.22.